The third-order valence-electron chi connectivity index (χ3n) is 3.55. The Hall–Kier alpha value is -1.17. The van der Waals surface area contributed by atoms with Gasteiger partial charge in [0, 0.05) is 17.6 Å². The van der Waals surface area contributed by atoms with Gasteiger partial charge in [0.15, 0.2) is 5.11 Å². The molecule has 0 spiro atoms. The Morgan fingerprint density at radius 1 is 1.38 bits per heavy atom. The van der Waals surface area contributed by atoms with Crippen LogP contribution >= 0.6 is 35.2 Å². The minimum Gasteiger partial charge on any atom is -0.352 e. The fourth-order valence-corrected chi connectivity index (χ4v) is 4.23. The third kappa shape index (κ3) is 2.91. The maximum Gasteiger partial charge on any atom is 0.170 e. The van der Waals surface area contributed by atoms with Crippen LogP contribution in [0.3, 0.4) is 0 Å². The Labute approximate surface area is 139 Å². The summed E-state index contributed by atoms with van der Waals surface area (Å²) in [6.07, 6.45) is 2.87. The summed E-state index contributed by atoms with van der Waals surface area (Å²) in [6.45, 7) is 3.09. The first-order valence-electron chi connectivity index (χ1n) is 6.94. The number of hydrogen-bond donors (Lipinski definition) is 1. The summed E-state index contributed by atoms with van der Waals surface area (Å²) in [5.74, 6) is 0. The predicted molar refractivity (Wildman–Crippen MR) is 91.8 cm³/mol. The lowest BCUT2D eigenvalue weighted by Crippen LogP contribution is -2.29. The van der Waals surface area contributed by atoms with E-state index < -0.39 is 0 Å². The molecule has 6 heteroatoms. The molecule has 3 rings (SSSR count). The molecule has 1 aliphatic heterocycles. The highest BCUT2D eigenvalue weighted by molar-refractivity contribution is 7.80. The number of nitrogens with zero attached hydrogens (tertiary/aromatic N) is 2. The molecule has 1 aliphatic rings. The van der Waals surface area contributed by atoms with E-state index in [4.69, 9.17) is 23.8 Å². The van der Waals surface area contributed by atoms with Gasteiger partial charge in [-0.25, -0.2) is 0 Å². The van der Waals surface area contributed by atoms with Gasteiger partial charge < -0.3 is 10.2 Å². The first-order valence-corrected chi connectivity index (χ1v) is 8.54. The fraction of sp³-hybridized carbons (Fsp3) is 0.333. The van der Waals surface area contributed by atoms with Crippen molar-refractivity contribution in [2.45, 2.75) is 25.4 Å². The molecule has 21 heavy (non-hydrogen) atoms. The highest BCUT2D eigenvalue weighted by Crippen LogP contribution is 2.42. The Balaban J connectivity index is 2.00. The average molecular weight is 338 g/mol. The second-order valence-corrected chi connectivity index (χ2v) is 7.10. The van der Waals surface area contributed by atoms with E-state index in [2.05, 4.69) is 28.2 Å². The summed E-state index contributed by atoms with van der Waals surface area (Å²) in [5.41, 5.74) is 1.01. The lowest BCUT2D eigenvalue weighted by Gasteiger charge is -2.26. The molecular weight excluding hydrogens is 322 g/mol. The van der Waals surface area contributed by atoms with Gasteiger partial charge in [0.05, 0.1) is 22.1 Å². The zero-order valence-electron chi connectivity index (χ0n) is 11.6. The van der Waals surface area contributed by atoms with Crippen molar-refractivity contribution < 1.29 is 0 Å². The predicted octanol–water partition coefficient (Wildman–Crippen LogP) is 4.18. The summed E-state index contributed by atoms with van der Waals surface area (Å²) in [7, 11) is 0. The van der Waals surface area contributed by atoms with Gasteiger partial charge in [-0.3, -0.25) is 4.98 Å². The lowest BCUT2D eigenvalue weighted by molar-refractivity contribution is 0.322. The van der Waals surface area contributed by atoms with Crippen LogP contribution in [-0.2, 0) is 0 Å². The number of pyridine rings is 1. The van der Waals surface area contributed by atoms with Gasteiger partial charge in [-0.05, 0) is 42.9 Å². The maximum atomic E-state index is 6.12. The summed E-state index contributed by atoms with van der Waals surface area (Å²) >= 11 is 13.3. The standard InChI is InChI=1S/C15H16ClN3S2/c1-2-9-19-14(11-6-7-12(16)21-11)13(18-15(19)20)10-5-3-4-8-17-10/h3-8,13-14H,2,9H2,1H3,(H,18,20)/t13-,14+/m0/s1. The normalized spacial score (nSPS) is 21.6. The van der Waals surface area contributed by atoms with Crippen LogP contribution in [-0.4, -0.2) is 21.5 Å². The maximum absolute atomic E-state index is 6.12. The van der Waals surface area contributed by atoms with Gasteiger partial charge in [-0.1, -0.05) is 24.6 Å². The molecule has 0 radical (unpaired) electrons. The molecule has 1 saturated heterocycles. The van der Waals surface area contributed by atoms with Crippen molar-refractivity contribution >= 4 is 40.3 Å². The Morgan fingerprint density at radius 3 is 2.86 bits per heavy atom. The number of nitrogens with one attached hydrogen (secondary N) is 1. The summed E-state index contributed by atoms with van der Waals surface area (Å²) in [6, 6.07) is 10.2. The molecule has 1 fully saturated rings. The number of rotatable bonds is 4. The van der Waals surface area contributed by atoms with Gasteiger partial charge in [0.2, 0.25) is 0 Å². The number of thiophene rings is 1. The molecule has 0 bridgehead atoms. The molecule has 2 atom stereocenters. The Kier molecular flexibility index (Phi) is 4.42. The van der Waals surface area contributed by atoms with Gasteiger partial charge in [0.25, 0.3) is 0 Å². The molecule has 110 valence electrons. The van der Waals surface area contributed by atoms with Crippen molar-refractivity contribution in [2.75, 3.05) is 6.54 Å². The second-order valence-electron chi connectivity index (χ2n) is 4.96. The zero-order valence-corrected chi connectivity index (χ0v) is 14.0. The fourth-order valence-electron chi connectivity index (χ4n) is 2.68. The van der Waals surface area contributed by atoms with Crippen LogP contribution in [0.15, 0.2) is 36.5 Å². The van der Waals surface area contributed by atoms with Crippen LogP contribution in [0.5, 0.6) is 0 Å². The van der Waals surface area contributed by atoms with E-state index in [-0.39, 0.29) is 12.1 Å². The van der Waals surface area contributed by atoms with Crippen LogP contribution in [0.2, 0.25) is 4.34 Å². The van der Waals surface area contributed by atoms with Crippen LogP contribution < -0.4 is 5.32 Å². The summed E-state index contributed by atoms with van der Waals surface area (Å²) in [4.78, 5) is 7.96. The van der Waals surface area contributed by atoms with E-state index in [1.165, 1.54) is 4.88 Å². The quantitative estimate of drug-likeness (QED) is 0.847. The van der Waals surface area contributed by atoms with E-state index in [0.29, 0.717) is 0 Å². The van der Waals surface area contributed by atoms with Crippen molar-refractivity contribution in [2.24, 2.45) is 0 Å². The highest BCUT2D eigenvalue weighted by atomic mass is 35.5. The van der Waals surface area contributed by atoms with Crippen molar-refractivity contribution in [1.82, 2.24) is 15.2 Å². The van der Waals surface area contributed by atoms with Crippen LogP contribution in [0.1, 0.15) is 36.0 Å². The van der Waals surface area contributed by atoms with E-state index in [9.17, 15) is 0 Å². The Morgan fingerprint density at radius 2 is 2.24 bits per heavy atom. The lowest BCUT2D eigenvalue weighted by atomic mass is 10.0. The molecule has 0 aromatic carbocycles. The first kappa shape index (κ1) is 14.8. The van der Waals surface area contributed by atoms with Crippen molar-refractivity contribution in [3.05, 3.63) is 51.4 Å². The highest BCUT2D eigenvalue weighted by Gasteiger charge is 2.39. The van der Waals surface area contributed by atoms with Crippen molar-refractivity contribution in [1.29, 1.82) is 0 Å². The topological polar surface area (TPSA) is 28.2 Å². The molecule has 3 heterocycles. The van der Waals surface area contributed by atoms with Crippen LogP contribution in [0.4, 0.5) is 0 Å². The number of halogens is 1. The van der Waals surface area contributed by atoms with Gasteiger partial charge in [-0.15, -0.1) is 11.3 Å². The van der Waals surface area contributed by atoms with Crippen LogP contribution in [0, 0.1) is 0 Å². The van der Waals surface area contributed by atoms with Gasteiger partial charge in [-0.2, -0.15) is 0 Å². The molecule has 2 aromatic rings. The molecule has 1 N–H and O–H groups in total. The van der Waals surface area contributed by atoms with E-state index >= 15 is 0 Å². The molecule has 3 nitrogen and oxygen atoms in total. The smallest absolute Gasteiger partial charge is 0.170 e. The molecule has 0 amide bonds. The van der Waals surface area contributed by atoms with E-state index in [1.54, 1.807) is 11.3 Å². The average Bonchev–Trinajstić information content (AvgIpc) is 3.05. The minimum atomic E-state index is 0.0694. The summed E-state index contributed by atoms with van der Waals surface area (Å²) in [5, 5.41) is 4.21. The van der Waals surface area contributed by atoms with Crippen LogP contribution in [0.25, 0.3) is 0 Å². The molecule has 0 aliphatic carbocycles. The second kappa shape index (κ2) is 6.30. The zero-order chi connectivity index (χ0) is 14.8. The van der Waals surface area contributed by atoms with Gasteiger partial charge >= 0.3 is 0 Å². The van der Waals surface area contributed by atoms with E-state index in [0.717, 1.165) is 28.1 Å². The first-order chi connectivity index (χ1) is 10.2. The van der Waals surface area contributed by atoms with Crippen molar-refractivity contribution in [3.63, 3.8) is 0 Å². The molecule has 0 saturated carbocycles. The molecule has 2 aromatic heterocycles. The largest absolute Gasteiger partial charge is 0.352 e. The Bertz CT molecular complexity index is 629. The number of aromatic nitrogens is 1. The number of thiocarbonyl (C=S) groups is 1. The van der Waals surface area contributed by atoms with E-state index in [1.807, 2.05) is 30.5 Å². The minimum absolute atomic E-state index is 0.0694. The van der Waals surface area contributed by atoms with Gasteiger partial charge in [0.1, 0.15) is 0 Å². The third-order valence-corrected chi connectivity index (χ3v) is 5.20. The molecular formula is C15H16ClN3S2. The molecule has 0 unspecified atom stereocenters. The SMILES string of the molecule is CCCN1C(=S)N[C@@H](c2ccccn2)[C@H]1c1ccc(Cl)s1. The summed E-state index contributed by atoms with van der Waals surface area (Å²) < 4.78 is 0.805. The number of hydrogen-bond acceptors (Lipinski definition) is 3. The van der Waals surface area contributed by atoms with Crippen molar-refractivity contribution in [3.8, 4) is 0 Å². The monoisotopic (exact) mass is 337 g/mol.